The van der Waals surface area contributed by atoms with Gasteiger partial charge in [0.1, 0.15) is 5.41 Å². The first-order valence-corrected chi connectivity index (χ1v) is 7.34. The van der Waals surface area contributed by atoms with Crippen molar-refractivity contribution in [1.29, 1.82) is 5.26 Å². The van der Waals surface area contributed by atoms with Crippen LogP contribution in [-0.4, -0.2) is 11.9 Å². The van der Waals surface area contributed by atoms with E-state index in [1.54, 1.807) is 0 Å². The Morgan fingerprint density at radius 2 is 1.90 bits per heavy atom. The number of amides is 1. The lowest BCUT2D eigenvalue weighted by Crippen LogP contribution is -2.43. The van der Waals surface area contributed by atoms with E-state index in [0.29, 0.717) is 12.8 Å². The number of aryl methyl sites for hydroxylation is 1. The number of hydrogen-bond donors (Lipinski definition) is 1. The van der Waals surface area contributed by atoms with Gasteiger partial charge in [0.05, 0.1) is 6.07 Å². The van der Waals surface area contributed by atoms with Gasteiger partial charge >= 0.3 is 0 Å². The van der Waals surface area contributed by atoms with E-state index < -0.39 is 5.41 Å². The van der Waals surface area contributed by atoms with Gasteiger partial charge in [-0.2, -0.15) is 5.26 Å². The van der Waals surface area contributed by atoms with Crippen molar-refractivity contribution in [1.82, 2.24) is 5.32 Å². The largest absolute Gasteiger partial charge is 0.352 e. The molecule has 0 saturated carbocycles. The van der Waals surface area contributed by atoms with E-state index in [2.05, 4.69) is 23.5 Å². The summed E-state index contributed by atoms with van der Waals surface area (Å²) in [5, 5.41) is 12.2. The summed E-state index contributed by atoms with van der Waals surface area (Å²) >= 11 is 0. The van der Waals surface area contributed by atoms with Crippen molar-refractivity contribution in [2.75, 3.05) is 0 Å². The Morgan fingerprint density at radius 3 is 2.40 bits per heavy atom. The number of carbonyl (C=O) groups excluding carboxylic acids is 1. The SMILES string of the molecule is CCC(C#N)(CC)C(=O)NC(C)CCc1ccccc1. The van der Waals surface area contributed by atoms with Crippen molar-refractivity contribution >= 4 is 5.91 Å². The van der Waals surface area contributed by atoms with Crippen LogP contribution in [0.25, 0.3) is 0 Å². The quantitative estimate of drug-likeness (QED) is 0.826. The van der Waals surface area contributed by atoms with E-state index in [-0.39, 0.29) is 11.9 Å². The summed E-state index contributed by atoms with van der Waals surface area (Å²) < 4.78 is 0. The second kappa shape index (κ2) is 7.69. The first-order valence-electron chi connectivity index (χ1n) is 7.34. The van der Waals surface area contributed by atoms with Gasteiger partial charge in [0.15, 0.2) is 0 Å². The summed E-state index contributed by atoms with van der Waals surface area (Å²) in [4.78, 5) is 12.2. The molecule has 1 amide bonds. The minimum Gasteiger partial charge on any atom is -0.352 e. The maximum absolute atomic E-state index is 12.2. The summed E-state index contributed by atoms with van der Waals surface area (Å²) in [5.41, 5.74) is 0.396. The lowest BCUT2D eigenvalue weighted by atomic mass is 9.83. The standard InChI is InChI=1S/C17H24N2O/c1-4-17(5-2,13-18)16(20)19-14(3)11-12-15-9-7-6-8-10-15/h6-10,14H,4-5,11-12H2,1-3H3,(H,19,20). The molecule has 0 aliphatic rings. The van der Waals surface area contributed by atoms with Crippen LogP contribution in [0.4, 0.5) is 0 Å². The molecule has 1 atom stereocenters. The minimum atomic E-state index is -0.874. The first-order chi connectivity index (χ1) is 9.57. The second-order valence-electron chi connectivity index (χ2n) is 5.30. The van der Waals surface area contributed by atoms with E-state index in [0.717, 1.165) is 12.8 Å². The van der Waals surface area contributed by atoms with Crippen molar-refractivity contribution in [3.05, 3.63) is 35.9 Å². The maximum Gasteiger partial charge on any atom is 0.240 e. The number of hydrogen-bond acceptors (Lipinski definition) is 2. The molecule has 0 aliphatic heterocycles. The molecule has 1 aromatic carbocycles. The van der Waals surface area contributed by atoms with Crippen LogP contribution in [0.2, 0.25) is 0 Å². The molecule has 3 heteroatoms. The van der Waals surface area contributed by atoms with E-state index in [1.165, 1.54) is 5.56 Å². The van der Waals surface area contributed by atoms with Crippen molar-refractivity contribution in [2.45, 2.75) is 52.5 Å². The van der Waals surface area contributed by atoms with Gasteiger partial charge in [-0.15, -0.1) is 0 Å². The Balaban J connectivity index is 2.52. The Labute approximate surface area is 122 Å². The van der Waals surface area contributed by atoms with Gasteiger partial charge in [-0.3, -0.25) is 4.79 Å². The molecule has 20 heavy (non-hydrogen) atoms. The lowest BCUT2D eigenvalue weighted by Gasteiger charge is -2.25. The van der Waals surface area contributed by atoms with Gasteiger partial charge in [0, 0.05) is 6.04 Å². The molecule has 1 rings (SSSR count). The average molecular weight is 272 g/mol. The van der Waals surface area contributed by atoms with E-state index in [9.17, 15) is 10.1 Å². The number of carbonyl (C=O) groups is 1. The first kappa shape index (κ1) is 16.2. The highest BCUT2D eigenvalue weighted by atomic mass is 16.2. The zero-order valence-electron chi connectivity index (χ0n) is 12.6. The van der Waals surface area contributed by atoms with Crippen LogP contribution in [0, 0.1) is 16.7 Å². The molecular formula is C17H24N2O. The summed E-state index contributed by atoms with van der Waals surface area (Å²) in [6, 6.07) is 12.5. The molecule has 0 saturated heterocycles. The zero-order chi connectivity index (χ0) is 15.0. The van der Waals surface area contributed by atoms with Gasteiger partial charge in [-0.25, -0.2) is 0 Å². The number of benzene rings is 1. The topological polar surface area (TPSA) is 52.9 Å². The van der Waals surface area contributed by atoms with Crippen molar-refractivity contribution in [3.63, 3.8) is 0 Å². The monoisotopic (exact) mass is 272 g/mol. The fourth-order valence-electron chi connectivity index (χ4n) is 2.24. The summed E-state index contributed by atoms with van der Waals surface area (Å²) in [5.74, 6) is -0.134. The van der Waals surface area contributed by atoms with Crippen molar-refractivity contribution in [2.24, 2.45) is 5.41 Å². The third-order valence-electron chi connectivity index (χ3n) is 3.94. The van der Waals surface area contributed by atoms with E-state index in [1.807, 2.05) is 39.0 Å². The van der Waals surface area contributed by atoms with Gasteiger partial charge in [0.25, 0.3) is 0 Å². The third-order valence-corrected chi connectivity index (χ3v) is 3.94. The highest BCUT2D eigenvalue weighted by Gasteiger charge is 2.35. The Bertz CT molecular complexity index is 458. The predicted molar refractivity (Wildman–Crippen MR) is 81.0 cm³/mol. The Hall–Kier alpha value is -1.82. The van der Waals surface area contributed by atoms with Gasteiger partial charge in [0.2, 0.25) is 5.91 Å². The highest BCUT2D eigenvalue weighted by molar-refractivity contribution is 5.85. The molecule has 0 aliphatic carbocycles. The smallest absolute Gasteiger partial charge is 0.240 e. The predicted octanol–water partition coefficient (Wildman–Crippen LogP) is 3.45. The molecule has 0 heterocycles. The number of nitrogens with zero attached hydrogens (tertiary/aromatic N) is 1. The van der Waals surface area contributed by atoms with Crippen LogP contribution in [0.15, 0.2) is 30.3 Å². The molecule has 0 spiro atoms. The van der Waals surface area contributed by atoms with Crippen molar-refractivity contribution in [3.8, 4) is 6.07 Å². The van der Waals surface area contributed by atoms with Gasteiger partial charge in [-0.1, -0.05) is 44.2 Å². The fourth-order valence-corrected chi connectivity index (χ4v) is 2.24. The molecule has 0 radical (unpaired) electrons. The highest BCUT2D eigenvalue weighted by Crippen LogP contribution is 2.25. The van der Waals surface area contributed by atoms with E-state index >= 15 is 0 Å². The molecule has 0 aromatic heterocycles. The van der Waals surface area contributed by atoms with Crippen LogP contribution in [0.3, 0.4) is 0 Å². The molecular weight excluding hydrogens is 248 g/mol. The molecule has 0 bridgehead atoms. The normalized spacial score (nSPS) is 12.5. The maximum atomic E-state index is 12.2. The summed E-state index contributed by atoms with van der Waals surface area (Å²) in [7, 11) is 0. The van der Waals surface area contributed by atoms with E-state index in [4.69, 9.17) is 0 Å². The van der Waals surface area contributed by atoms with Gasteiger partial charge in [-0.05, 0) is 38.2 Å². The van der Waals surface area contributed by atoms with Crippen LogP contribution in [-0.2, 0) is 11.2 Å². The number of nitrogens with one attached hydrogen (secondary N) is 1. The van der Waals surface area contributed by atoms with Crippen LogP contribution < -0.4 is 5.32 Å². The molecule has 1 N–H and O–H groups in total. The fraction of sp³-hybridized carbons (Fsp3) is 0.529. The molecule has 0 fully saturated rings. The minimum absolute atomic E-state index is 0.0773. The number of rotatable bonds is 7. The van der Waals surface area contributed by atoms with Crippen LogP contribution >= 0.6 is 0 Å². The summed E-state index contributed by atoms with van der Waals surface area (Å²) in [6.45, 7) is 5.77. The average Bonchev–Trinajstić information content (AvgIpc) is 2.48. The van der Waals surface area contributed by atoms with Gasteiger partial charge < -0.3 is 5.32 Å². The Kier molecular flexibility index (Phi) is 6.24. The zero-order valence-corrected chi connectivity index (χ0v) is 12.6. The van der Waals surface area contributed by atoms with Crippen LogP contribution in [0.1, 0.15) is 45.6 Å². The van der Waals surface area contributed by atoms with Crippen molar-refractivity contribution < 1.29 is 4.79 Å². The molecule has 1 aromatic rings. The van der Waals surface area contributed by atoms with Crippen LogP contribution in [0.5, 0.6) is 0 Å². The molecule has 1 unspecified atom stereocenters. The Morgan fingerprint density at radius 1 is 1.30 bits per heavy atom. The lowest BCUT2D eigenvalue weighted by molar-refractivity contribution is -0.129. The second-order valence-corrected chi connectivity index (χ2v) is 5.30. The molecule has 3 nitrogen and oxygen atoms in total. The number of nitriles is 1. The molecule has 108 valence electrons. The third kappa shape index (κ3) is 4.09. The summed E-state index contributed by atoms with van der Waals surface area (Å²) in [6.07, 6.45) is 2.92.